The van der Waals surface area contributed by atoms with Gasteiger partial charge in [-0.3, -0.25) is 0 Å². The van der Waals surface area contributed by atoms with E-state index in [0.717, 1.165) is 22.3 Å². The molecule has 0 atom stereocenters. The van der Waals surface area contributed by atoms with Gasteiger partial charge in [-0.05, 0) is 36.2 Å². The number of halogens is 2. The average Bonchev–Trinajstić information content (AvgIpc) is 2.80. The van der Waals surface area contributed by atoms with Crippen LogP contribution in [0.2, 0.25) is 10.0 Å². The second kappa shape index (κ2) is 5.43. The quantitative estimate of drug-likeness (QED) is 0.706. The molecule has 3 nitrogen and oxygen atoms in total. The Kier molecular flexibility index (Phi) is 3.62. The van der Waals surface area contributed by atoms with Crippen LogP contribution >= 0.6 is 23.2 Å². The fourth-order valence-electron chi connectivity index (χ4n) is 2.30. The molecule has 0 aliphatic carbocycles. The van der Waals surface area contributed by atoms with Gasteiger partial charge in [-0.15, -0.1) is 0 Å². The topological polar surface area (TPSA) is 52.0 Å². The van der Waals surface area contributed by atoms with Crippen LogP contribution in [0.4, 0.5) is 5.82 Å². The van der Waals surface area contributed by atoms with E-state index >= 15 is 0 Å². The molecule has 1 aromatic heterocycles. The van der Waals surface area contributed by atoms with Crippen molar-refractivity contribution in [2.75, 3.05) is 5.73 Å². The fraction of sp³-hybridized carbons (Fsp3) is 0.0625. The van der Waals surface area contributed by atoms with E-state index in [1.165, 1.54) is 0 Å². The summed E-state index contributed by atoms with van der Waals surface area (Å²) < 4.78 is 5.41. The summed E-state index contributed by atoms with van der Waals surface area (Å²) in [4.78, 5) is 0. The number of benzene rings is 2. The van der Waals surface area contributed by atoms with E-state index in [1.54, 1.807) is 18.2 Å². The van der Waals surface area contributed by atoms with Gasteiger partial charge in [-0.25, -0.2) is 0 Å². The molecule has 3 aromatic rings. The van der Waals surface area contributed by atoms with Crippen molar-refractivity contribution >= 4 is 29.0 Å². The second-order valence-corrected chi connectivity index (χ2v) is 5.62. The molecule has 0 spiro atoms. The van der Waals surface area contributed by atoms with Gasteiger partial charge in [0.25, 0.3) is 0 Å². The van der Waals surface area contributed by atoms with Crippen molar-refractivity contribution < 1.29 is 4.52 Å². The van der Waals surface area contributed by atoms with Crippen molar-refractivity contribution in [1.82, 2.24) is 5.16 Å². The highest BCUT2D eigenvalue weighted by Gasteiger charge is 2.19. The summed E-state index contributed by atoms with van der Waals surface area (Å²) in [6.07, 6.45) is 0. The summed E-state index contributed by atoms with van der Waals surface area (Å²) in [5, 5.41) is 4.95. The Morgan fingerprint density at radius 3 is 2.38 bits per heavy atom. The normalized spacial score (nSPS) is 10.8. The summed E-state index contributed by atoms with van der Waals surface area (Å²) in [7, 11) is 0. The number of rotatable bonds is 2. The Bertz CT molecular complexity index is 792. The highest BCUT2D eigenvalue weighted by Crippen LogP contribution is 2.39. The van der Waals surface area contributed by atoms with Crippen molar-refractivity contribution in [3.63, 3.8) is 0 Å². The third-order valence-corrected chi connectivity index (χ3v) is 3.69. The predicted molar refractivity (Wildman–Crippen MR) is 86.5 cm³/mol. The molecule has 0 radical (unpaired) electrons. The first-order chi connectivity index (χ1) is 10.1. The fourth-order valence-corrected chi connectivity index (χ4v) is 2.82. The van der Waals surface area contributed by atoms with Gasteiger partial charge in [0, 0.05) is 15.6 Å². The van der Waals surface area contributed by atoms with Crippen LogP contribution in [-0.4, -0.2) is 5.16 Å². The molecule has 0 saturated carbocycles. The number of nitrogens with two attached hydrogens (primary N) is 1. The maximum atomic E-state index is 6.06. The molecular formula is C16H12Cl2N2O. The summed E-state index contributed by atoms with van der Waals surface area (Å²) in [5.41, 5.74) is 9.55. The van der Waals surface area contributed by atoms with Gasteiger partial charge in [0.15, 0.2) is 11.6 Å². The summed E-state index contributed by atoms with van der Waals surface area (Å²) in [6.45, 7) is 2.01. The molecule has 21 heavy (non-hydrogen) atoms. The van der Waals surface area contributed by atoms with Gasteiger partial charge in [0.05, 0.1) is 5.56 Å². The Labute approximate surface area is 132 Å². The SMILES string of the molecule is Cc1ccccc1-c1c(N)noc1-c1cc(Cl)cc(Cl)c1. The molecule has 2 aromatic carbocycles. The van der Waals surface area contributed by atoms with Gasteiger partial charge in [-0.2, -0.15) is 0 Å². The zero-order chi connectivity index (χ0) is 15.0. The molecule has 3 rings (SSSR count). The monoisotopic (exact) mass is 318 g/mol. The van der Waals surface area contributed by atoms with Gasteiger partial charge in [0.2, 0.25) is 0 Å². The Balaban J connectivity index is 2.24. The molecule has 0 aliphatic heterocycles. The lowest BCUT2D eigenvalue weighted by Crippen LogP contribution is -1.91. The van der Waals surface area contributed by atoms with Gasteiger partial charge < -0.3 is 10.3 Å². The van der Waals surface area contributed by atoms with E-state index in [0.29, 0.717) is 21.6 Å². The van der Waals surface area contributed by atoms with Crippen LogP contribution in [-0.2, 0) is 0 Å². The van der Waals surface area contributed by atoms with E-state index in [4.69, 9.17) is 33.5 Å². The lowest BCUT2D eigenvalue weighted by atomic mass is 9.98. The van der Waals surface area contributed by atoms with Crippen LogP contribution in [0.5, 0.6) is 0 Å². The van der Waals surface area contributed by atoms with Crippen molar-refractivity contribution in [2.24, 2.45) is 0 Å². The number of anilines is 1. The third-order valence-electron chi connectivity index (χ3n) is 3.26. The van der Waals surface area contributed by atoms with Crippen molar-refractivity contribution in [2.45, 2.75) is 6.92 Å². The summed E-state index contributed by atoms with van der Waals surface area (Å²) in [5.74, 6) is 0.904. The lowest BCUT2D eigenvalue weighted by molar-refractivity contribution is 0.436. The zero-order valence-electron chi connectivity index (χ0n) is 11.2. The molecular weight excluding hydrogens is 307 g/mol. The standard InChI is InChI=1S/C16H12Cl2N2O/c1-9-4-2-3-5-13(9)14-15(21-20-16(14)19)10-6-11(17)8-12(18)7-10/h2-8H,1H3,(H2,19,20). The van der Waals surface area contributed by atoms with E-state index in [-0.39, 0.29) is 0 Å². The Morgan fingerprint density at radius 2 is 1.71 bits per heavy atom. The van der Waals surface area contributed by atoms with Gasteiger partial charge in [0.1, 0.15) is 0 Å². The number of nitrogen functional groups attached to an aromatic ring is 1. The summed E-state index contributed by atoms with van der Waals surface area (Å²) in [6, 6.07) is 13.1. The van der Waals surface area contributed by atoms with Crippen molar-refractivity contribution in [1.29, 1.82) is 0 Å². The maximum Gasteiger partial charge on any atom is 0.177 e. The molecule has 0 aliphatic rings. The van der Waals surface area contributed by atoms with Crippen LogP contribution in [0.3, 0.4) is 0 Å². The molecule has 106 valence electrons. The second-order valence-electron chi connectivity index (χ2n) is 4.74. The minimum atomic E-state index is 0.343. The first kappa shape index (κ1) is 14.0. The largest absolute Gasteiger partial charge is 0.380 e. The summed E-state index contributed by atoms with van der Waals surface area (Å²) >= 11 is 12.1. The van der Waals surface area contributed by atoms with Crippen LogP contribution in [0.1, 0.15) is 5.56 Å². The Morgan fingerprint density at radius 1 is 1.05 bits per heavy atom. The van der Waals surface area contributed by atoms with E-state index in [2.05, 4.69) is 5.16 Å². The first-order valence-electron chi connectivity index (χ1n) is 6.34. The molecule has 0 bridgehead atoms. The minimum Gasteiger partial charge on any atom is -0.380 e. The van der Waals surface area contributed by atoms with Crippen molar-refractivity contribution in [3.8, 4) is 22.5 Å². The zero-order valence-corrected chi connectivity index (χ0v) is 12.7. The third kappa shape index (κ3) is 2.62. The highest BCUT2D eigenvalue weighted by atomic mass is 35.5. The molecule has 0 fully saturated rings. The number of nitrogens with zero attached hydrogens (tertiary/aromatic N) is 1. The number of hydrogen-bond acceptors (Lipinski definition) is 3. The Hall–Kier alpha value is -1.97. The maximum absolute atomic E-state index is 6.06. The predicted octanol–water partition coefficient (Wildman–Crippen LogP) is 5.21. The van der Waals surface area contributed by atoms with Crippen LogP contribution in [0.25, 0.3) is 22.5 Å². The van der Waals surface area contributed by atoms with Gasteiger partial charge in [-0.1, -0.05) is 52.6 Å². The van der Waals surface area contributed by atoms with Crippen LogP contribution in [0.15, 0.2) is 47.0 Å². The van der Waals surface area contributed by atoms with E-state index in [1.807, 2.05) is 31.2 Å². The van der Waals surface area contributed by atoms with E-state index < -0.39 is 0 Å². The molecule has 1 heterocycles. The van der Waals surface area contributed by atoms with Crippen molar-refractivity contribution in [3.05, 3.63) is 58.1 Å². The molecule has 0 unspecified atom stereocenters. The van der Waals surface area contributed by atoms with Crippen LogP contribution in [0, 0.1) is 6.92 Å². The molecule has 5 heteroatoms. The molecule has 0 saturated heterocycles. The average molecular weight is 319 g/mol. The number of aryl methyl sites for hydroxylation is 1. The molecule has 0 amide bonds. The lowest BCUT2D eigenvalue weighted by Gasteiger charge is -2.07. The number of aromatic nitrogens is 1. The number of hydrogen-bond donors (Lipinski definition) is 1. The highest BCUT2D eigenvalue weighted by molar-refractivity contribution is 6.35. The molecule has 2 N–H and O–H groups in total. The van der Waals surface area contributed by atoms with Crippen LogP contribution < -0.4 is 5.73 Å². The van der Waals surface area contributed by atoms with Gasteiger partial charge >= 0.3 is 0 Å². The van der Waals surface area contributed by atoms with E-state index in [9.17, 15) is 0 Å². The first-order valence-corrected chi connectivity index (χ1v) is 7.09. The smallest absolute Gasteiger partial charge is 0.177 e. The minimum absolute atomic E-state index is 0.343.